The summed E-state index contributed by atoms with van der Waals surface area (Å²) in [7, 11) is 0. The number of carbonyl (C=O) groups excluding carboxylic acids is 1. The molecule has 1 radical (unpaired) electrons. The average molecular weight is 292 g/mol. The molecule has 2 rings (SSSR count). The molecule has 0 N–H and O–H groups in total. The molecule has 0 saturated heterocycles. The molecular weight excluding hydrogens is 281 g/mol. The van der Waals surface area contributed by atoms with Crippen molar-refractivity contribution in [3.8, 4) is 0 Å². The third-order valence-corrected chi connectivity index (χ3v) is 1.56. The number of hydrogen-bond acceptors (Lipinski definition) is 4. The van der Waals surface area contributed by atoms with Gasteiger partial charge in [0.1, 0.15) is 0 Å². The molecule has 0 bridgehead atoms. The Balaban J connectivity index is 0.000000711. The predicted octanol–water partition coefficient (Wildman–Crippen LogP) is 1.08. The van der Waals surface area contributed by atoms with Crippen LogP contribution in [0.3, 0.4) is 0 Å². The number of ketones is 1. The van der Waals surface area contributed by atoms with E-state index in [0.29, 0.717) is 5.56 Å². The van der Waals surface area contributed by atoms with Crippen LogP contribution in [-0.2, 0) is 32.7 Å². The summed E-state index contributed by atoms with van der Waals surface area (Å²) in [6.07, 6.45) is 0. The van der Waals surface area contributed by atoms with Crippen molar-refractivity contribution in [2.45, 2.75) is 13.8 Å². The number of carbonyl (C=O) groups is 1. The summed E-state index contributed by atoms with van der Waals surface area (Å²) >= 11 is 0. The van der Waals surface area contributed by atoms with E-state index >= 15 is 0 Å². The zero-order chi connectivity index (χ0) is 11.1. The van der Waals surface area contributed by atoms with E-state index < -0.39 is 0 Å². The molecule has 0 spiro atoms. The normalized spacial score (nSPS) is 8.38. The summed E-state index contributed by atoms with van der Waals surface area (Å²) in [5.41, 5.74) is 0.539. The molecule has 0 saturated carbocycles. The fourth-order valence-corrected chi connectivity index (χ4v) is 0.954. The molecule has 0 atom stereocenters. The average Bonchev–Trinajstić information content (AvgIpc) is 2.85. The van der Waals surface area contributed by atoms with Crippen LogP contribution < -0.4 is 5.10 Å². The number of benzene rings is 1. The van der Waals surface area contributed by atoms with Crippen molar-refractivity contribution < 1.29 is 37.5 Å². The molecule has 16 heavy (non-hydrogen) atoms. The van der Waals surface area contributed by atoms with E-state index in [1.54, 1.807) is 24.3 Å². The van der Waals surface area contributed by atoms with Gasteiger partial charge < -0.3 is 5.10 Å². The third kappa shape index (κ3) is 3.91. The molecular formula is C10H11N4OY-. The van der Waals surface area contributed by atoms with Crippen molar-refractivity contribution in [1.82, 2.24) is 20.6 Å². The van der Waals surface area contributed by atoms with Crippen LogP contribution >= 0.6 is 0 Å². The van der Waals surface area contributed by atoms with Gasteiger partial charge in [0.25, 0.3) is 0 Å². The van der Waals surface area contributed by atoms with E-state index in [-0.39, 0.29) is 44.3 Å². The Labute approximate surface area is 119 Å². The van der Waals surface area contributed by atoms with Crippen molar-refractivity contribution in [2.24, 2.45) is 0 Å². The number of nitrogens with zero attached hydrogens (tertiary/aromatic N) is 4. The van der Waals surface area contributed by atoms with Gasteiger partial charge in [-0.15, -0.1) is 0 Å². The van der Waals surface area contributed by atoms with Crippen LogP contribution in [0.2, 0.25) is 0 Å². The van der Waals surface area contributed by atoms with Crippen LogP contribution in [-0.4, -0.2) is 21.3 Å². The summed E-state index contributed by atoms with van der Waals surface area (Å²) in [4.78, 5) is 11.5. The van der Waals surface area contributed by atoms with Crippen molar-refractivity contribution in [2.75, 3.05) is 0 Å². The summed E-state index contributed by atoms with van der Waals surface area (Å²) in [6, 6.07) is 8.77. The van der Waals surface area contributed by atoms with Crippen LogP contribution in [0.25, 0.3) is 0 Å². The molecule has 1 aromatic heterocycles. The molecule has 0 fully saturated rings. The first-order valence-corrected chi connectivity index (χ1v) is 4.66. The van der Waals surface area contributed by atoms with Crippen molar-refractivity contribution >= 4 is 5.78 Å². The number of aromatic nitrogens is 4. The second kappa shape index (κ2) is 8.24. The van der Waals surface area contributed by atoms with E-state index in [1.807, 2.05) is 19.9 Å². The maximum Gasteiger partial charge on any atom is 0.200 e. The number of hydrogen-bond donors (Lipinski definition) is 0. The van der Waals surface area contributed by atoms with E-state index in [4.69, 9.17) is 0 Å². The maximum absolute atomic E-state index is 11.5. The Morgan fingerprint density at radius 3 is 2.31 bits per heavy atom. The maximum atomic E-state index is 11.5. The van der Waals surface area contributed by atoms with Gasteiger partial charge in [-0.05, 0) is 0 Å². The minimum absolute atomic E-state index is 0. The first kappa shape index (κ1) is 15.1. The summed E-state index contributed by atoms with van der Waals surface area (Å²) in [5.74, 6) is -0.225. The first-order chi connectivity index (χ1) is 7.38. The Kier molecular flexibility index (Phi) is 7.76. The SMILES string of the molecule is CC.O=C(c1ccccc1)c1nnn[n-]1.[Y]. The molecule has 5 nitrogen and oxygen atoms in total. The largest absolute Gasteiger partial charge is 0.327 e. The first-order valence-electron chi connectivity index (χ1n) is 4.66. The van der Waals surface area contributed by atoms with Gasteiger partial charge in [0.2, 0.25) is 0 Å². The van der Waals surface area contributed by atoms with Gasteiger partial charge in [-0.2, -0.15) is 5.21 Å². The Morgan fingerprint density at radius 2 is 1.81 bits per heavy atom. The minimum Gasteiger partial charge on any atom is -0.327 e. The van der Waals surface area contributed by atoms with Gasteiger partial charge in [-0.3, -0.25) is 15.1 Å². The fraction of sp³-hybridized carbons (Fsp3) is 0.200. The molecule has 6 heteroatoms. The van der Waals surface area contributed by atoms with Crippen molar-refractivity contribution in [3.05, 3.63) is 41.7 Å². The van der Waals surface area contributed by atoms with E-state index in [2.05, 4.69) is 20.6 Å². The van der Waals surface area contributed by atoms with Crippen molar-refractivity contribution in [1.29, 1.82) is 0 Å². The molecule has 0 unspecified atom stereocenters. The van der Waals surface area contributed by atoms with Gasteiger partial charge in [0, 0.05) is 38.3 Å². The van der Waals surface area contributed by atoms with Crippen LogP contribution in [0.1, 0.15) is 30.0 Å². The third-order valence-electron chi connectivity index (χ3n) is 1.56. The zero-order valence-electron chi connectivity index (χ0n) is 9.16. The summed E-state index contributed by atoms with van der Waals surface area (Å²) in [6.45, 7) is 4.00. The van der Waals surface area contributed by atoms with Crippen molar-refractivity contribution in [3.63, 3.8) is 0 Å². The standard InChI is InChI=1S/C8H6N4O.C2H6.Y/c13-7(8-9-11-12-10-8)6-4-2-1-3-5-6;1-2;/h1-5H,(H,9,10,11,12,13);1-2H3;/p-1. The van der Waals surface area contributed by atoms with Crippen LogP contribution in [0.5, 0.6) is 0 Å². The van der Waals surface area contributed by atoms with Crippen LogP contribution in [0.4, 0.5) is 0 Å². The number of tetrazole rings is 1. The van der Waals surface area contributed by atoms with Crippen LogP contribution in [0, 0.1) is 0 Å². The van der Waals surface area contributed by atoms with Gasteiger partial charge in [-0.1, -0.05) is 44.2 Å². The van der Waals surface area contributed by atoms with Crippen LogP contribution in [0.15, 0.2) is 30.3 Å². The van der Waals surface area contributed by atoms with E-state index in [1.165, 1.54) is 0 Å². The quantitative estimate of drug-likeness (QED) is 0.775. The summed E-state index contributed by atoms with van der Waals surface area (Å²) < 4.78 is 0. The number of rotatable bonds is 2. The smallest absolute Gasteiger partial charge is 0.200 e. The van der Waals surface area contributed by atoms with Gasteiger partial charge in [0.15, 0.2) is 5.78 Å². The molecule has 0 aliphatic rings. The zero-order valence-corrected chi connectivity index (χ0v) is 12.0. The van der Waals surface area contributed by atoms with E-state index in [0.717, 1.165) is 0 Å². The predicted molar refractivity (Wildman–Crippen MR) is 54.4 cm³/mol. The molecule has 81 valence electrons. The molecule has 0 aliphatic carbocycles. The second-order valence-electron chi connectivity index (χ2n) is 2.40. The molecule has 1 heterocycles. The molecule has 0 amide bonds. The topological polar surface area (TPSA) is 69.8 Å². The van der Waals surface area contributed by atoms with Gasteiger partial charge in [-0.25, -0.2) is 0 Å². The Hall–Kier alpha value is -0.936. The monoisotopic (exact) mass is 292 g/mol. The minimum atomic E-state index is -0.259. The van der Waals surface area contributed by atoms with E-state index in [9.17, 15) is 4.79 Å². The Morgan fingerprint density at radius 1 is 1.19 bits per heavy atom. The second-order valence-corrected chi connectivity index (χ2v) is 2.40. The van der Waals surface area contributed by atoms with Gasteiger partial charge in [0.05, 0.1) is 5.82 Å². The fourth-order valence-electron chi connectivity index (χ4n) is 0.954. The van der Waals surface area contributed by atoms with Gasteiger partial charge >= 0.3 is 0 Å². The Bertz CT molecular complexity index is 402. The molecule has 1 aromatic carbocycles. The molecule has 0 aliphatic heterocycles. The molecule has 2 aromatic rings. The summed E-state index contributed by atoms with van der Waals surface area (Å²) in [5, 5.41) is 13.4.